The fourth-order valence-corrected chi connectivity index (χ4v) is 2.32. The van der Waals surface area contributed by atoms with Crippen LogP contribution in [0.5, 0.6) is 0 Å². The van der Waals surface area contributed by atoms with Crippen LogP contribution in [-0.4, -0.2) is 35.1 Å². The van der Waals surface area contributed by atoms with E-state index in [4.69, 9.17) is 11.6 Å². The van der Waals surface area contributed by atoms with Crippen LogP contribution in [-0.2, 0) is 0 Å². The molecule has 1 aliphatic heterocycles. The third kappa shape index (κ3) is 2.54. The molecule has 0 aromatic carbocycles. The zero-order valence-corrected chi connectivity index (χ0v) is 11.0. The van der Waals surface area contributed by atoms with Gasteiger partial charge in [-0.25, -0.2) is 4.98 Å². The van der Waals surface area contributed by atoms with Crippen LogP contribution in [0, 0.1) is 10.1 Å². The molecule has 2 rings (SSSR count). The molecule has 2 heterocycles. The predicted octanol–water partition coefficient (Wildman–Crippen LogP) is 1.83. The second-order valence-corrected chi connectivity index (χ2v) is 4.97. The first-order valence-electron chi connectivity index (χ1n) is 5.79. The normalized spacial score (nSPS) is 24.1. The summed E-state index contributed by atoms with van der Waals surface area (Å²) >= 11 is 6.09. The van der Waals surface area contributed by atoms with Gasteiger partial charge in [0.15, 0.2) is 0 Å². The molecule has 1 saturated heterocycles. The number of hydrogen-bond donors (Lipinski definition) is 1. The van der Waals surface area contributed by atoms with Gasteiger partial charge in [-0.2, -0.15) is 0 Å². The largest absolute Gasteiger partial charge is 0.350 e. The highest BCUT2D eigenvalue weighted by molar-refractivity contribution is 6.33. The number of halogens is 1. The van der Waals surface area contributed by atoms with Gasteiger partial charge in [0, 0.05) is 31.2 Å². The molecule has 0 spiro atoms. The van der Waals surface area contributed by atoms with E-state index in [2.05, 4.69) is 29.0 Å². The van der Waals surface area contributed by atoms with Gasteiger partial charge in [0.2, 0.25) is 0 Å². The summed E-state index contributed by atoms with van der Waals surface area (Å²) in [7, 11) is 0. The zero-order valence-electron chi connectivity index (χ0n) is 10.3. The smallest absolute Gasteiger partial charge is 0.289 e. The molecule has 1 N–H and O–H groups in total. The van der Waals surface area contributed by atoms with E-state index in [9.17, 15) is 10.1 Å². The van der Waals surface area contributed by atoms with Gasteiger partial charge in [-0.05, 0) is 13.8 Å². The van der Waals surface area contributed by atoms with Crippen molar-refractivity contribution in [1.82, 2.24) is 10.3 Å². The highest BCUT2D eigenvalue weighted by atomic mass is 35.5. The van der Waals surface area contributed by atoms with Crippen LogP contribution in [0.2, 0.25) is 5.02 Å². The van der Waals surface area contributed by atoms with Crippen molar-refractivity contribution >= 4 is 23.1 Å². The van der Waals surface area contributed by atoms with Crippen LogP contribution in [0.1, 0.15) is 13.8 Å². The molecule has 1 aromatic heterocycles. The molecule has 2 unspecified atom stereocenters. The topological polar surface area (TPSA) is 71.3 Å². The van der Waals surface area contributed by atoms with Gasteiger partial charge in [-0.3, -0.25) is 10.1 Å². The molecule has 0 aliphatic carbocycles. The quantitative estimate of drug-likeness (QED) is 0.656. The lowest BCUT2D eigenvalue weighted by atomic mass is 10.1. The molecule has 0 radical (unpaired) electrons. The van der Waals surface area contributed by atoms with Gasteiger partial charge in [-0.1, -0.05) is 11.6 Å². The lowest BCUT2D eigenvalue weighted by Gasteiger charge is -2.38. The molecule has 1 aromatic rings. The van der Waals surface area contributed by atoms with Crippen LogP contribution in [0.4, 0.5) is 11.5 Å². The maximum Gasteiger partial charge on any atom is 0.289 e. The standard InChI is InChI=1S/C11H15ClN4O2/c1-7-6-15(8(2)4-13-7)11-10(12)3-9(5-14-11)16(17)18/h3,5,7-8,13H,4,6H2,1-2H3. The summed E-state index contributed by atoms with van der Waals surface area (Å²) in [5, 5.41) is 14.3. The van der Waals surface area contributed by atoms with Crippen molar-refractivity contribution in [1.29, 1.82) is 0 Å². The van der Waals surface area contributed by atoms with Crippen molar-refractivity contribution in [2.75, 3.05) is 18.0 Å². The Balaban J connectivity index is 2.30. The third-order valence-electron chi connectivity index (χ3n) is 3.05. The number of nitro groups is 1. The van der Waals surface area contributed by atoms with E-state index in [0.29, 0.717) is 16.9 Å². The number of anilines is 1. The van der Waals surface area contributed by atoms with Crippen molar-refractivity contribution in [2.45, 2.75) is 25.9 Å². The molecule has 0 saturated carbocycles. The molecule has 2 atom stereocenters. The maximum absolute atomic E-state index is 10.6. The Morgan fingerprint density at radius 1 is 1.61 bits per heavy atom. The minimum absolute atomic E-state index is 0.0837. The number of nitrogens with one attached hydrogen (secondary N) is 1. The number of aromatic nitrogens is 1. The van der Waals surface area contributed by atoms with Gasteiger partial charge in [-0.15, -0.1) is 0 Å². The van der Waals surface area contributed by atoms with E-state index >= 15 is 0 Å². The fraction of sp³-hybridized carbons (Fsp3) is 0.545. The second kappa shape index (κ2) is 5.07. The highest BCUT2D eigenvalue weighted by Crippen LogP contribution is 2.29. The first-order chi connectivity index (χ1) is 8.49. The van der Waals surface area contributed by atoms with Crippen LogP contribution in [0.25, 0.3) is 0 Å². The van der Waals surface area contributed by atoms with E-state index in [1.807, 2.05) is 0 Å². The Bertz CT molecular complexity index is 468. The molecular weight excluding hydrogens is 256 g/mol. The second-order valence-electron chi connectivity index (χ2n) is 4.57. The van der Waals surface area contributed by atoms with Crippen molar-refractivity contribution in [2.24, 2.45) is 0 Å². The summed E-state index contributed by atoms with van der Waals surface area (Å²) in [5.41, 5.74) is -0.0837. The van der Waals surface area contributed by atoms with Gasteiger partial charge in [0.25, 0.3) is 5.69 Å². The molecule has 0 bridgehead atoms. The molecular formula is C11H15ClN4O2. The molecule has 98 valence electrons. The van der Waals surface area contributed by atoms with Gasteiger partial charge < -0.3 is 10.2 Å². The summed E-state index contributed by atoms with van der Waals surface area (Å²) in [6, 6.07) is 1.95. The van der Waals surface area contributed by atoms with Crippen molar-refractivity contribution in [3.8, 4) is 0 Å². The van der Waals surface area contributed by atoms with Gasteiger partial charge in [0.1, 0.15) is 12.0 Å². The van der Waals surface area contributed by atoms with Crippen molar-refractivity contribution < 1.29 is 4.92 Å². The Morgan fingerprint density at radius 2 is 2.33 bits per heavy atom. The molecule has 0 amide bonds. The number of rotatable bonds is 2. The summed E-state index contributed by atoms with van der Waals surface area (Å²) in [4.78, 5) is 16.4. The average Bonchev–Trinajstić information content (AvgIpc) is 2.32. The number of hydrogen-bond acceptors (Lipinski definition) is 5. The first kappa shape index (κ1) is 13.0. The SMILES string of the molecule is CC1CN(c2ncc([N+](=O)[O-])cc2Cl)C(C)CN1. The summed E-state index contributed by atoms with van der Waals surface area (Å²) in [5.74, 6) is 0.614. The average molecular weight is 271 g/mol. The van der Waals surface area contributed by atoms with E-state index in [1.54, 1.807) is 0 Å². The molecule has 6 nitrogen and oxygen atoms in total. The Hall–Kier alpha value is -1.40. The molecule has 1 aliphatic rings. The van der Waals surface area contributed by atoms with Crippen LogP contribution >= 0.6 is 11.6 Å². The summed E-state index contributed by atoms with van der Waals surface area (Å²) in [6.07, 6.45) is 1.25. The molecule has 7 heteroatoms. The number of pyridine rings is 1. The third-order valence-corrected chi connectivity index (χ3v) is 3.33. The monoisotopic (exact) mass is 270 g/mol. The van der Waals surface area contributed by atoms with Gasteiger partial charge >= 0.3 is 0 Å². The van der Waals surface area contributed by atoms with Crippen LogP contribution in [0.15, 0.2) is 12.3 Å². The molecule has 18 heavy (non-hydrogen) atoms. The van der Waals surface area contributed by atoms with E-state index in [0.717, 1.165) is 13.1 Å². The minimum Gasteiger partial charge on any atom is -0.350 e. The highest BCUT2D eigenvalue weighted by Gasteiger charge is 2.26. The Kier molecular flexibility index (Phi) is 3.68. The molecule has 1 fully saturated rings. The number of piperazine rings is 1. The zero-order chi connectivity index (χ0) is 13.3. The van der Waals surface area contributed by atoms with Crippen LogP contribution < -0.4 is 10.2 Å². The summed E-state index contributed by atoms with van der Waals surface area (Å²) < 4.78 is 0. The maximum atomic E-state index is 10.6. The predicted molar refractivity (Wildman–Crippen MR) is 70.2 cm³/mol. The Morgan fingerprint density at radius 3 is 2.94 bits per heavy atom. The van der Waals surface area contributed by atoms with E-state index in [1.165, 1.54) is 12.3 Å². The van der Waals surface area contributed by atoms with Crippen molar-refractivity contribution in [3.63, 3.8) is 0 Å². The number of nitrogens with zero attached hydrogens (tertiary/aromatic N) is 3. The fourth-order valence-electron chi connectivity index (χ4n) is 2.05. The lowest BCUT2D eigenvalue weighted by Crippen LogP contribution is -2.54. The van der Waals surface area contributed by atoms with E-state index in [-0.39, 0.29) is 11.7 Å². The Labute approximate surface area is 110 Å². The minimum atomic E-state index is -0.494. The van der Waals surface area contributed by atoms with Gasteiger partial charge in [0.05, 0.1) is 9.95 Å². The first-order valence-corrected chi connectivity index (χ1v) is 6.16. The van der Waals surface area contributed by atoms with E-state index < -0.39 is 4.92 Å². The van der Waals surface area contributed by atoms with Crippen molar-refractivity contribution in [3.05, 3.63) is 27.4 Å². The van der Waals surface area contributed by atoms with Crippen LogP contribution in [0.3, 0.4) is 0 Å². The lowest BCUT2D eigenvalue weighted by molar-refractivity contribution is -0.385. The summed E-state index contributed by atoms with van der Waals surface area (Å²) in [6.45, 7) is 5.78.